The second kappa shape index (κ2) is 6.02. The Kier molecular flexibility index (Phi) is 4.94. The number of ether oxygens (including phenoxy) is 1. The smallest absolute Gasteiger partial charge is 0.123 e. The number of alkyl halides is 2. The van der Waals surface area contributed by atoms with Crippen LogP contribution in [0.5, 0.6) is 5.75 Å². The quantitative estimate of drug-likeness (QED) is 0.581. The van der Waals surface area contributed by atoms with Crippen LogP contribution in [0.25, 0.3) is 0 Å². The Morgan fingerprint density at radius 2 is 2.21 bits per heavy atom. The van der Waals surface area contributed by atoms with Gasteiger partial charge in [0.2, 0.25) is 0 Å². The van der Waals surface area contributed by atoms with Gasteiger partial charge in [-0.15, -0.1) is 0 Å². The van der Waals surface area contributed by atoms with Crippen LogP contribution in [0.15, 0.2) is 18.2 Å². The van der Waals surface area contributed by atoms with E-state index in [1.54, 1.807) is 0 Å². The van der Waals surface area contributed by atoms with Gasteiger partial charge in [0.1, 0.15) is 5.75 Å². The number of halogens is 2. The van der Waals surface area contributed by atoms with Gasteiger partial charge in [-0.05, 0) is 13.0 Å². The van der Waals surface area contributed by atoms with Crippen molar-refractivity contribution in [2.75, 3.05) is 13.3 Å². The molecular formula is C11H14BrFO. The molecule has 0 saturated carbocycles. The summed E-state index contributed by atoms with van der Waals surface area (Å²) in [5.74, 6) is 0.848. The lowest BCUT2D eigenvalue weighted by Crippen LogP contribution is -2.00. The predicted octanol–water partition coefficient (Wildman–Crippen LogP) is 3.63. The average Bonchev–Trinajstić information content (AvgIpc) is 2.20. The summed E-state index contributed by atoms with van der Waals surface area (Å²) in [5, 5.41) is 0.764. The summed E-state index contributed by atoms with van der Waals surface area (Å²) in [6.07, 6.45) is 0.454. The SMILES string of the molecule is Cc1ccc(OCCCF)c(CBr)c1. The van der Waals surface area contributed by atoms with E-state index in [2.05, 4.69) is 22.0 Å². The van der Waals surface area contributed by atoms with Gasteiger partial charge in [-0.1, -0.05) is 33.6 Å². The van der Waals surface area contributed by atoms with Crippen LogP contribution in [0, 0.1) is 6.92 Å². The van der Waals surface area contributed by atoms with Gasteiger partial charge in [-0.25, -0.2) is 0 Å². The lowest BCUT2D eigenvalue weighted by atomic mass is 10.1. The molecule has 1 rings (SSSR count). The lowest BCUT2D eigenvalue weighted by molar-refractivity contribution is 0.288. The van der Waals surface area contributed by atoms with E-state index < -0.39 is 0 Å². The van der Waals surface area contributed by atoms with Crippen LogP contribution in [0.2, 0.25) is 0 Å². The van der Waals surface area contributed by atoms with Crippen molar-refractivity contribution < 1.29 is 9.13 Å². The molecule has 0 fully saturated rings. The largest absolute Gasteiger partial charge is 0.493 e. The van der Waals surface area contributed by atoms with Crippen molar-refractivity contribution >= 4 is 15.9 Å². The first kappa shape index (κ1) is 11.5. The maximum Gasteiger partial charge on any atom is 0.123 e. The van der Waals surface area contributed by atoms with Crippen molar-refractivity contribution in [1.82, 2.24) is 0 Å². The second-order valence-corrected chi connectivity index (χ2v) is 3.70. The highest BCUT2D eigenvalue weighted by Gasteiger charge is 2.02. The van der Waals surface area contributed by atoms with Gasteiger partial charge in [0.25, 0.3) is 0 Å². The van der Waals surface area contributed by atoms with Crippen molar-refractivity contribution in [2.45, 2.75) is 18.7 Å². The van der Waals surface area contributed by atoms with Gasteiger partial charge in [0.05, 0.1) is 13.3 Å². The predicted molar refractivity (Wildman–Crippen MR) is 59.9 cm³/mol. The molecule has 0 spiro atoms. The Labute approximate surface area is 92.4 Å². The van der Waals surface area contributed by atoms with E-state index in [4.69, 9.17) is 4.74 Å². The summed E-state index contributed by atoms with van der Waals surface area (Å²) >= 11 is 3.40. The van der Waals surface area contributed by atoms with Crippen LogP contribution in [0.3, 0.4) is 0 Å². The minimum Gasteiger partial charge on any atom is -0.493 e. The number of hydrogen-bond acceptors (Lipinski definition) is 1. The molecule has 0 bridgehead atoms. The molecule has 0 aliphatic heterocycles. The van der Waals surface area contributed by atoms with E-state index >= 15 is 0 Å². The van der Waals surface area contributed by atoms with Gasteiger partial charge >= 0.3 is 0 Å². The highest BCUT2D eigenvalue weighted by atomic mass is 79.9. The lowest BCUT2D eigenvalue weighted by Gasteiger charge is -2.09. The van der Waals surface area contributed by atoms with Gasteiger partial charge < -0.3 is 4.74 Å². The van der Waals surface area contributed by atoms with E-state index in [-0.39, 0.29) is 6.67 Å². The Morgan fingerprint density at radius 3 is 2.86 bits per heavy atom. The third-order valence-electron chi connectivity index (χ3n) is 1.90. The highest BCUT2D eigenvalue weighted by Crippen LogP contribution is 2.22. The molecule has 0 amide bonds. The molecule has 0 aliphatic carbocycles. The Morgan fingerprint density at radius 1 is 1.43 bits per heavy atom. The Hall–Kier alpha value is -0.570. The fraction of sp³-hybridized carbons (Fsp3) is 0.455. The summed E-state index contributed by atoms with van der Waals surface area (Å²) in [5.41, 5.74) is 2.32. The van der Waals surface area contributed by atoms with E-state index in [9.17, 15) is 4.39 Å². The molecule has 1 aromatic rings. The number of rotatable bonds is 5. The number of hydrogen-bond donors (Lipinski definition) is 0. The summed E-state index contributed by atoms with van der Waals surface area (Å²) in [6, 6.07) is 6.00. The molecule has 1 nitrogen and oxygen atoms in total. The molecule has 0 heterocycles. The molecular weight excluding hydrogens is 247 g/mol. The normalized spacial score (nSPS) is 10.2. The number of benzene rings is 1. The molecule has 0 radical (unpaired) electrons. The van der Waals surface area contributed by atoms with Crippen molar-refractivity contribution in [2.24, 2.45) is 0 Å². The zero-order valence-corrected chi connectivity index (χ0v) is 9.81. The maximum absolute atomic E-state index is 11.9. The van der Waals surface area contributed by atoms with Crippen molar-refractivity contribution in [3.05, 3.63) is 29.3 Å². The first-order chi connectivity index (χ1) is 6.77. The first-order valence-corrected chi connectivity index (χ1v) is 5.74. The monoisotopic (exact) mass is 260 g/mol. The summed E-state index contributed by atoms with van der Waals surface area (Å²) < 4.78 is 17.3. The topological polar surface area (TPSA) is 9.23 Å². The molecule has 0 atom stereocenters. The van der Waals surface area contributed by atoms with Crippen LogP contribution >= 0.6 is 15.9 Å². The van der Waals surface area contributed by atoms with Crippen LogP contribution in [0.1, 0.15) is 17.5 Å². The molecule has 0 N–H and O–H groups in total. The van der Waals surface area contributed by atoms with Crippen LogP contribution in [0.4, 0.5) is 4.39 Å². The fourth-order valence-corrected chi connectivity index (χ4v) is 1.63. The van der Waals surface area contributed by atoms with E-state index in [0.29, 0.717) is 13.0 Å². The summed E-state index contributed by atoms with van der Waals surface area (Å²) in [7, 11) is 0. The summed E-state index contributed by atoms with van der Waals surface area (Å²) in [6.45, 7) is 2.16. The molecule has 0 aliphatic rings. The second-order valence-electron chi connectivity index (χ2n) is 3.14. The van der Waals surface area contributed by atoms with Gasteiger partial charge in [-0.3, -0.25) is 4.39 Å². The van der Waals surface area contributed by atoms with Crippen molar-refractivity contribution in [3.63, 3.8) is 0 Å². The summed E-state index contributed by atoms with van der Waals surface area (Å²) in [4.78, 5) is 0. The maximum atomic E-state index is 11.9. The molecule has 3 heteroatoms. The van der Waals surface area contributed by atoms with Crippen LogP contribution < -0.4 is 4.74 Å². The van der Waals surface area contributed by atoms with Crippen LogP contribution in [-0.4, -0.2) is 13.3 Å². The standard InChI is InChI=1S/C11H14BrFO/c1-9-3-4-11(10(7-9)8-12)14-6-2-5-13/h3-4,7H,2,5-6,8H2,1H3. The zero-order chi connectivity index (χ0) is 10.4. The van der Waals surface area contributed by atoms with Gasteiger partial charge in [0, 0.05) is 17.3 Å². The molecule has 0 saturated heterocycles. The average molecular weight is 261 g/mol. The van der Waals surface area contributed by atoms with Crippen LogP contribution in [-0.2, 0) is 5.33 Å². The van der Waals surface area contributed by atoms with E-state index in [1.807, 2.05) is 19.1 Å². The van der Waals surface area contributed by atoms with Gasteiger partial charge in [0.15, 0.2) is 0 Å². The Bertz CT molecular complexity index is 289. The van der Waals surface area contributed by atoms with E-state index in [1.165, 1.54) is 5.56 Å². The molecule has 14 heavy (non-hydrogen) atoms. The minimum absolute atomic E-state index is 0.324. The Balaban J connectivity index is 2.65. The highest BCUT2D eigenvalue weighted by molar-refractivity contribution is 9.08. The van der Waals surface area contributed by atoms with Crippen molar-refractivity contribution in [1.29, 1.82) is 0 Å². The third kappa shape index (κ3) is 3.29. The first-order valence-electron chi connectivity index (χ1n) is 4.62. The third-order valence-corrected chi connectivity index (χ3v) is 2.50. The molecule has 0 unspecified atom stereocenters. The van der Waals surface area contributed by atoms with Gasteiger partial charge in [-0.2, -0.15) is 0 Å². The van der Waals surface area contributed by atoms with E-state index in [0.717, 1.165) is 16.6 Å². The molecule has 0 aromatic heterocycles. The minimum atomic E-state index is -0.324. The fourth-order valence-electron chi connectivity index (χ4n) is 1.19. The molecule has 78 valence electrons. The van der Waals surface area contributed by atoms with Crippen molar-refractivity contribution in [3.8, 4) is 5.75 Å². The molecule has 1 aromatic carbocycles. The zero-order valence-electron chi connectivity index (χ0n) is 8.22. The number of aryl methyl sites for hydroxylation is 1.